The molecule has 0 aromatic heterocycles. The first-order valence-electron chi connectivity index (χ1n) is 6.46. The molecule has 0 spiro atoms. The number of fused-ring (bicyclic) bond motifs is 1. The molecule has 0 heterocycles. The molecule has 3 heteroatoms. The topological polar surface area (TPSA) is 12.0 Å². The second-order valence-corrected chi connectivity index (χ2v) is 5.40. The van der Waals surface area contributed by atoms with E-state index < -0.39 is 0 Å². The summed E-state index contributed by atoms with van der Waals surface area (Å²) in [6, 6.07) is 13.5. The van der Waals surface area contributed by atoms with Crippen LogP contribution in [0.1, 0.15) is 16.7 Å². The van der Waals surface area contributed by atoms with Gasteiger partial charge in [0.2, 0.25) is 0 Å². The van der Waals surface area contributed by atoms with E-state index in [4.69, 9.17) is 11.6 Å². The highest BCUT2D eigenvalue weighted by atomic mass is 35.5. The third-order valence-corrected chi connectivity index (χ3v) is 4.00. The van der Waals surface area contributed by atoms with Crippen molar-refractivity contribution in [1.82, 2.24) is 5.32 Å². The molecule has 2 aromatic carbocycles. The molecule has 1 nitrogen and oxygen atoms in total. The smallest absolute Gasteiger partial charge is 0.124 e. The van der Waals surface area contributed by atoms with Crippen molar-refractivity contribution in [2.24, 2.45) is 0 Å². The van der Waals surface area contributed by atoms with Crippen molar-refractivity contribution in [2.45, 2.75) is 25.4 Å². The zero-order valence-electron chi connectivity index (χ0n) is 10.5. The number of hydrogen-bond acceptors (Lipinski definition) is 1. The largest absolute Gasteiger partial charge is 0.309 e. The van der Waals surface area contributed by atoms with Gasteiger partial charge in [-0.3, -0.25) is 0 Å². The molecule has 1 aliphatic rings. The van der Waals surface area contributed by atoms with Crippen molar-refractivity contribution in [1.29, 1.82) is 0 Å². The van der Waals surface area contributed by atoms with Crippen LogP contribution in [0.15, 0.2) is 42.5 Å². The summed E-state index contributed by atoms with van der Waals surface area (Å²) < 4.78 is 13.0. The van der Waals surface area contributed by atoms with E-state index in [0.29, 0.717) is 17.6 Å². The van der Waals surface area contributed by atoms with Crippen molar-refractivity contribution in [2.75, 3.05) is 0 Å². The van der Waals surface area contributed by atoms with Gasteiger partial charge in [0.15, 0.2) is 0 Å². The van der Waals surface area contributed by atoms with E-state index in [2.05, 4.69) is 29.6 Å². The predicted molar refractivity (Wildman–Crippen MR) is 75.9 cm³/mol. The summed E-state index contributed by atoms with van der Waals surface area (Å²) in [5.74, 6) is -0.290. The minimum Gasteiger partial charge on any atom is -0.309 e. The zero-order chi connectivity index (χ0) is 13.2. The monoisotopic (exact) mass is 275 g/mol. The van der Waals surface area contributed by atoms with Crippen LogP contribution in [-0.4, -0.2) is 6.04 Å². The Bertz CT molecular complexity index is 572. The molecule has 1 aliphatic carbocycles. The highest BCUT2D eigenvalue weighted by Crippen LogP contribution is 2.23. The van der Waals surface area contributed by atoms with E-state index in [0.717, 1.165) is 18.4 Å². The average Bonchev–Trinajstić information content (AvgIpc) is 2.80. The summed E-state index contributed by atoms with van der Waals surface area (Å²) in [5, 5.41) is 3.99. The lowest BCUT2D eigenvalue weighted by Gasteiger charge is -2.12. The Morgan fingerprint density at radius 2 is 1.79 bits per heavy atom. The van der Waals surface area contributed by atoms with E-state index in [1.807, 2.05) is 0 Å². The van der Waals surface area contributed by atoms with Crippen LogP contribution in [0.3, 0.4) is 0 Å². The predicted octanol–water partition coefficient (Wildman–Crippen LogP) is 3.74. The van der Waals surface area contributed by atoms with E-state index in [1.165, 1.54) is 23.3 Å². The molecular weight excluding hydrogens is 261 g/mol. The van der Waals surface area contributed by atoms with Crippen LogP contribution in [0.5, 0.6) is 0 Å². The fourth-order valence-corrected chi connectivity index (χ4v) is 2.86. The summed E-state index contributed by atoms with van der Waals surface area (Å²) in [7, 11) is 0. The fraction of sp³-hybridized carbons (Fsp3) is 0.250. The standard InChI is InChI=1S/C16H15ClFN/c17-16-9-14(18)6-5-13(16)10-19-15-7-11-3-1-2-4-12(11)8-15/h1-6,9,15,19H,7-8,10H2. The number of halogens is 2. The molecule has 19 heavy (non-hydrogen) atoms. The van der Waals surface area contributed by atoms with Gasteiger partial charge in [-0.25, -0.2) is 4.39 Å². The molecular formula is C16H15ClFN. The van der Waals surface area contributed by atoms with Crippen LogP contribution in [0.4, 0.5) is 4.39 Å². The highest BCUT2D eigenvalue weighted by Gasteiger charge is 2.20. The van der Waals surface area contributed by atoms with E-state index in [9.17, 15) is 4.39 Å². The Labute approximate surface area is 117 Å². The van der Waals surface area contributed by atoms with Gasteiger partial charge in [0.25, 0.3) is 0 Å². The maximum Gasteiger partial charge on any atom is 0.124 e. The number of rotatable bonds is 3. The van der Waals surface area contributed by atoms with Gasteiger partial charge in [0, 0.05) is 17.6 Å². The molecule has 0 bridgehead atoms. The molecule has 98 valence electrons. The first-order valence-corrected chi connectivity index (χ1v) is 6.84. The van der Waals surface area contributed by atoms with Crippen molar-refractivity contribution in [3.05, 3.63) is 70.0 Å². The molecule has 0 saturated heterocycles. The first kappa shape index (κ1) is 12.6. The lowest BCUT2D eigenvalue weighted by Crippen LogP contribution is -2.29. The van der Waals surface area contributed by atoms with Crippen LogP contribution in [0.2, 0.25) is 5.02 Å². The van der Waals surface area contributed by atoms with Crippen molar-refractivity contribution < 1.29 is 4.39 Å². The summed E-state index contributed by atoms with van der Waals surface area (Å²) >= 11 is 6.02. The molecule has 0 aliphatic heterocycles. The quantitative estimate of drug-likeness (QED) is 0.900. The van der Waals surface area contributed by atoms with Gasteiger partial charge in [-0.1, -0.05) is 41.9 Å². The Balaban J connectivity index is 1.63. The second-order valence-electron chi connectivity index (χ2n) is 4.99. The highest BCUT2D eigenvalue weighted by molar-refractivity contribution is 6.31. The molecule has 0 saturated carbocycles. The summed E-state index contributed by atoms with van der Waals surface area (Å²) in [6.45, 7) is 0.678. The van der Waals surface area contributed by atoms with Gasteiger partial charge in [0.1, 0.15) is 5.82 Å². The van der Waals surface area contributed by atoms with Gasteiger partial charge in [-0.2, -0.15) is 0 Å². The lowest BCUT2D eigenvalue weighted by atomic mass is 10.1. The molecule has 3 rings (SSSR count). The first-order chi connectivity index (χ1) is 9.22. The normalized spacial score (nSPS) is 14.6. The summed E-state index contributed by atoms with van der Waals surface area (Å²) in [6.07, 6.45) is 2.10. The number of nitrogens with one attached hydrogen (secondary N) is 1. The van der Waals surface area contributed by atoms with Gasteiger partial charge in [-0.15, -0.1) is 0 Å². The van der Waals surface area contributed by atoms with Crippen LogP contribution in [-0.2, 0) is 19.4 Å². The lowest BCUT2D eigenvalue weighted by molar-refractivity contribution is 0.532. The van der Waals surface area contributed by atoms with Crippen molar-refractivity contribution in [3.63, 3.8) is 0 Å². The SMILES string of the molecule is Fc1ccc(CNC2Cc3ccccc3C2)c(Cl)c1. The van der Waals surface area contributed by atoms with E-state index >= 15 is 0 Å². The third kappa shape index (κ3) is 2.80. The maximum absolute atomic E-state index is 13.0. The Morgan fingerprint density at radius 1 is 1.11 bits per heavy atom. The minimum absolute atomic E-state index is 0.290. The van der Waals surface area contributed by atoms with Crippen LogP contribution in [0, 0.1) is 5.82 Å². The maximum atomic E-state index is 13.0. The Hall–Kier alpha value is -1.38. The summed E-state index contributed by atoms with van der Waals surface area (Å²) in [5.41, 5.74) is 3.79. The van der Waals surface area contributed by atoms with Gasteiger partial charge in [-0.05, 0) is 41.7 Å². The fourth-order valence-electron chi connectivity index (χ4n) is 2.62. The molecule has 0 radical (unpaired) electrons. The molecule has 0 fully saturated rings. The molecule has 0 unspecified atom stereocenters. The number of benzene rings is 2. The van der Waals surface area contributed by atoms with E-state index in [1.54, 1.807) is 6.07 Å². The van der Waals surface area contributed by atoms with Gasteiger partial charge in [0.05, 0.1) is 0 Å². The van der Waals surface area contributed by atoms with Crippen LogP contribution in [0.25, 0.3) is 0 Å². The molecule has 0 amide bonds. The van der Waals surface area contributed by atoms with Crippen LogP contribution >= 0.6 is 11.6 Å². The number of hydrogen-bond donors (Lipinski definition) is 1. The average molecular weight is 276 g/mol. The van der Waals surface area contributed by atoms with Crippen molar-refractivity contribution in [3.8, 4) is 0 Å². The van der Waals surface area contributed by atoms with Crippen LogP contribution < -0.4 is 5.32 Å². The van der Waals surface area contributed by atoms with E-state index in [-0.39, 0.29) is 5.82 Å². The molecule has 1 N–H and O–H groups in total. The van der Waals surface area contributed by atoms with Gasteiger partial charge >= 0.3 is 0 Å². The van der Waals surface area contributed by atoms with Crippen molar-refractivity contribution >= 4 is 11.6 Å². The minimum atomic E-state index is -0.290. The Kier molecular flexibility index (Phi) is 3.54. The Morgan fingerprint density at radius 3 is 2.42 bits per heavy atom. The second kappa shape index (κ2) is 5.32. The molecule has 0 atom stereocenters. The van der Waals surface area contributed by atoms with Gasteiger partial charge < -0.3 is 5.32 Å². The molecule has 2 aromatic rings. The summed E-state index contributed by atoms with van der Waals surface area (Å²) in [4.78, 5) is 0. The third-order valence-electron chi connectivity index (χ3n) is 3.65. The zero-order valence-corrected chi connectivity index (χ0v) is 11.3.